The summed E-state index contributed by atoms with van der Waals surface area (Å²) in [5.74, 6) is -1.23. The smallest absolute Gasteiger partial charge is 0.335 e. The van der Waals surface area contributed by atoms with Crippen molar-refractivity contribution >= 4 is 11.9 Å². The van der Waals surface area contributed by atoms with E-state index in [0.717, 1.165) is 5.56 Å². The molecule has 21 heavy (non-hydrogen) atoms. The number of carbonyl (C=O) groups is 2. The number of allylic oxidation sites excluding steroid dienone is 1. The number of carbonyl (C=O) groups excluding carboxylic acids is 1. The number of esters is 1. The van der Waals surface area contributed by atoms with Crippen molar-refractivity contribution in [3.63, 3.8) is 0 Å². The van der Waals surface area contributed by atoms with Crippen molar-refractivity contribution in [3.8, 4) is 0 Å². The van der Waals surface area contributed by atoms with Gasteiger partial charge in [-0.1, -0.05) is 18.2 Å². The van der Waals surface area contributed by atoms with Gasteiger partial charge in [-0.05, 0) is 37.5 Å². The Morgan fingerprint density at radius 1 is 1.38 bits per heavy atom. The van der Waals surface area contributed by atoms with E-state index in [0.29, 0.717) is 26.0 Å². The van der Waals surface area contributed by atoms with Gasteiger partial charge in [0.05, 0.1) is 12.2 Å². The van der Waals surface area contributed by atoms with Crippen LogP contribution in [0.3, 0.4) is 0 Å². The number of nitrogens with one attached hydrogen (secondary N) is 1. The van der Waals surface area contributed by atoms with E-state index < -0.39 is 5.97 Å². The molecule has 2 N–H and O–H groups in total. The van der Waals surface area contributed by atoms with Gasteiger partial charge in [-0.3, -0.25) is 4.79 Å². The van der Waals surface area contributed by atoms with E-state index >= 15 is 0 Å². The third-order valence-electron chi connectivity index (χ3n) is 2.98. The van der Waals surface area contributed by atoms with Gasteiger partial charge in [-0.2, -0.15) is 0 Å². The molecule has 0 radical (unpaired) electrons. The third kappa shape index (κ3) is 5.79. The largest absolute Gasteiger partial charge is 0.478 e. The van der Waals surface area contributed by atoms with Crippen molar-refractivity contribution in [3.05, 3.63) is 48.0 Å². The van der Waals surface area contributed by atoms with Crippen molar-refractivity contribution in [1.29, 1.82) is 0 Å². The molecule has 5 nitrogen and oxygen atoms in total. The van der Waals surface area contributed by atoms with Crippen molar-refractivity contribution in [2.45, 2.75) is 32.4 Å². The lowest BCUT2D eigenvalue weighted by atomic mass is 10.1. The number of carboxylic acids is 1. The molecule has 114 valence electrons. The number of benzene rings is 1. The van der Waals surface area contributed by atoms with Gasteiger partial charge in [0, 0.05) is 6.54 Å². The summed E-state index contributed by atoms with van der Waals surface area (Å²) in [7, 11) is 0. The van der Waals surface area contributed by atoms with Gasteiger partial charge in [-0.15, -0.1) is 6.58 Å². The summed E-state index contributed by atoms with van der Waals surface area (Å²) in [5, 5.41) is 12.0. The number of rotatable bonds is 9. The van der Waals surface area contributed by atoms with Crippen LogP contribution < -0.4 is 5.32 Å². The van der Waals surface area contributed by atoms with Gasteiger partial charge in [0.15, 0.2) is 0 Å². The first-order chi connectivity index (χ1) is 10.1. The minimum absolute atomic E-state index is 0.243. The zero-order chi connectivity index (χ0) is 15.7. The molecule has 0 aromatic heterocycles. The number of carboxylic acid groups (broad SMARTS) is 1. The van der Waals surface area contributed by atoms with Crippen molar-refractivity contribution in [2.75, 3.05) is 6.61 Å². The summed E-state index contributed by atoms with van der Waals surface area (Å²) in [6.45, 7) is 6.24. The zero-order valence-corrected chi connectivity index (χ0v) is 12.2. The van der Waals surface area contributed by atoms with Crippen LogP contribution in [-0.2, 0) is 16.1 Å². The number of hydrogen-bond donors (Lipinski definition) is 2. The van der Waals surface area contributed by atoms with Gasteiger partial charge < -0.3 is 15.2 Å². The fraction of sp³-hybridized carbons (Fsp3) is 0.375. The van der Waals surface area contributed by atoms with E-state index in [-0.39, 0.29) is 17.6 Å². The highest BCUT2D eigenvalue weighted by Crippen LogP contribution is 2.07. The topological polar surface area (TPSA) is 75.6 Å². The van der Waals surface area contributed by atoms with Crippen LogP contribution in [0.1, 0.15) is 35.7 Å². The Hall–Kier alpha value is -2.14. The van der Waals surface area contributed by atoms with Crippen molar-refractivity contribution in [2.24, 2.45) is 0 Å². The predicted octanol–water partition coefficient (Wildman–Crippen LogP) is 2.37. The molecule has 5 heteroatoms. The summed E-state index contributed by atoms with van der Waals surface area (Å²) in [6, 6.07) is 6.16. The molecule has 0 saturated heterocycles. The Kier molecular flexibility index (Phi) is 7.18. The molecule has 0 saturated carbocycles. The molecule has 0 aliphatic carbocycles. The number of hydrogen-bond acceptors (Lipinski definition) is 4. The van der Waals surface area contributed by atoms with Crippen LogP contribution in [0.4, 0.5) is 0 Å². The lowest BCUT2D eigenvalue weighted by Crippen LogP contribution is -2.37. The van der Waals surface area contributed by atoms with Gasteiger partial charge in [0.25, 0.3) is 0 Å². The first-order valence-electron chi connectivity index (χ1n) is 6.91. The quantitative estimate of drug-likeness (QED) is 0.539. The zero-order valence-electron chi connectivity index (χ0n) is 12.2. The molecule has 1 unspecified atom stereocenters. The Bertz CT molecular complexity index is 482. The lowest BCUT2D eigenvalue weighted by Gasteiger charge is -2.16. The SMILES string of the molecule is C=CCCC(NCc1ccc(C(=O)O)cc1)C(=O)OCC. The summed E-state index contributed by atoms with van der Waals surface area (Å²) in [4.78, 5) is 22.6. The first-order valence-corrected chi connectivity index (χ1v) is 6.91. The molecule has 0 spiro atoms. The second kappa shape index (κ2) is 8.92. The van der Waals surface area contributed by atoms with E-state index in [9.17, 15) is 9.59 Å². The second-order valence-corrected chi connectivity index (χ2v) is 4.55. The second-order valence-electron chi connectivity index (χ2n) is 4.55. The highest BCUT2D eigenvalue weighted by molar-refractivity contribution is 5.87. The van der Waals surface area contributed by atoms with Crippen LogP contribution >= 0.6 is 0 Å². The Morgan fingerprint density at radius 3 is 2.57 bits per heavy atom. The Labute approximate surface area is 124 Å². The van der Waals surface area contributed by atoms with E-state index in [1.807, 2.05) is 0 Å². The Morgan fingerprint density at radius 2 is 2.05 bits per heavy atom. The maximum Gasteiger partial charge on any atom is 0.335 e. The van der Waals surface area contributed by atoms with Crippen LogP contribution in [0, 0.1) is 0 Å². The van der Waals surface area contributed by atoms with Crippen LogP contribution in [0.25, 0.3) is 0 Å². The molecule has 0 heterocycles. The van der Waals surface area contributed by atoms with E-state index in [1.165, 1.54) is 0 Å². The Balaban J connectivity index is 2.60. The molecule has 0 fully saturated rings. The fourth-order valence-electron chi connectivity index (χ4n) is 1.84. The number of aromatic carboxylic acids is 1. The van der Waals surface area contributed by atoms with Crippen LogP contribution in [0.15, 0.2) is 36.9 Å². The molecule has 0 amide bonds. The van der Waals surface area contributed by atoms with Gasteiger partial charge in [0.1, 0.15) is 6.04 Å². The van der Waals surface area contributed by atoms with Gasteiger partial charge >= 0.3 is 11.9 Å². The summed E-state index contributed by atoms with van der Waals surface area (Å²) < 4.78 is 5.03. The summed E-state index contributed by atoms with van der Waals surface area (Å²) in [6.07, 6.45) is 3.10. The average molecular weight is 291 g/mol. The van der Waals surface area contributed by atoms with Crippen LogP contribution in [0.5, 0.6) is 0 Å². The molecule has 1 atom stereocenters. The number of ether oxygens (including phenoxy) is 1. The van der Waals surface area contributed by atoms with Crippen molar-refractivity contribution in [1.82, 2.24) is 5.32 Å². The summed E-state index contributed by atoms with van der Waals surface area (Å²) >= 11 is 0. The molecule has 1 rings (SSSR count). The lowest BCUT2D eigenvalue weighted by molar-refractivity contribution is -0.145. The maximum absolute atomic E-state index is 11.8. The average Bonchev–Trinajstić information content (AvgIpc) is 2.48. The molecule has 1 aromatic carbocycles. The third-order valence-corrected chi connectivity index (χ3v) is 2.98. The highest BCUT2D eigenvalue weighted by Gasteiger charge is 2.18. The van der Waals surface area contributed by atoms with Crippen LogP contribution in [-0.4, -0.2) is 29.7 Å². The molecular weight excluding hydrogens is 270 g/mol. The summed E-state index contributed by atoms with van der Waals surface area (Å²) in [5.41, 5.74) is 1.15. The van der Waals surface area contributed by atoms with Crippen LogP contribution in [0.2, 0.25) is 0 Å². The molecule has 0 aliphatic rings. The van der Waals surface area contributed by atoms with E-state index in [4.69, 9.17) is 9.84 Å². The monoisotopic (exact) mass is 291 g/mol. The first kappa shape index (κ1) is 16.9. The minimum Gasteiger partial charge on any atom is -0.478 e. The predicted molar refractivity (Wildman–Crippen MR) is 80.1 cm³/mol. The minimum atomic E-state index is -0.954. The van der Waals surface area contributed by atoms with E-state index in [2.05, 4.69) is 11.9 Å². The molecule has 1 aromatic rings. The normalized spacial score (nSPS) is 11.7. The van der Waals surface area contributed by atoms with Gasteiger partial charge in [0.2, 0.25) is 0 Å². The molecule has 0 bridgehead atoms. The highest BCUT2D eigenvalue weighted by atomic mass is 16.5. The fourth-order valence-corrected chi connectivity index (χ4v) is 1.84. The molecular formula is C16H21NO4. The van der Waals surface area contributed by atoms with Crippen molar-refractivity contribution < 1.29 is 19.4 Å². The van der Waals surface area contributed by atoms with E-state index in [1.54, 1.807) is 37.3 Å². The standard InChI is InChI=1S/C16H21NO4/c1-3-5-6-14(16(20)21-4-2)17-11-12-7-9-13(10-8-12)15(18)19/h3,7-10,14,17H,1,4-6,11H2,2H3,(H,18,19). The van der Waals surface area contributed by atoms with Gasteiger partial charge in [-0.25, -0.2) is 4.79 Å². The maximum atomic E-state index is 11.8. The molecule has 0 aliphatic heterocycles.